The summed E-state index contributed by atoms with van der Waals surface area (Å²) >= 11 is 0. The van der Waals surface area contributed by atoms with E-state index in [0.29, 0.717) is 29.4 Å². The number of nitrogens with two attached hydrogens (primary N) is 1. The van der Waals surface area contributed by atoms with Crippen LogP contribution in [0.1, 0.15) is 32.6 Å². The van der Waals surface area contributed by atoms with E-state index in [1.54, 1.807) is 6.07 Å². The zero-order valence-corrected chi connectivity index (χ0v) is 18.8. The van der Waals surface area contributed by atoms with Gasteiger partial charge in [0, 0.05) is 24.7 Å². The van der Waals surface area contributed by atoms with Crippen LogP contribution in [0.15, 0.2) is 24.3 Å². The number of hydrogen-bond acceptors (Lipinski definition) is 8. The first kappa shape index (κ1) is 22.5. The van der Waals surface area contributed by atoms with Crippen molar-refractivity contribution in [3.63, 3.8) is 0 Å². The van der Waals surface area contributed by atoms with E-state index in [1.807, 2.05) is 7.05 Å². The highest BCUT2D eigenvalue weighted by Crippen LogP contribution is 2.42. The van der Waals surface area contributed by atoms with Crippen LogP contribution in [0.3, 0.4) is 0 Å². The van der Waals surface area contributed by atoms with Crippen molar-refractivity contribution in [2.75, 3.05) is 23.9 Å². The minimum Gasteiger partial charge on any atom is -0.485 e. The smallest absolute Gasteiger partial charge is 0.485 e. The molecule has 3 aromatic rings. The van der Waals surface area contributed by atoms with Crippen LogP contribution >= 0.6 is 0 Å². The molecule has 0 spiro atoms. The number of anilines is 2. The van der Waals surface area contributed by atoms with Gasteiger partial charge in [-0.1, -0.05) is 12.1 Å². The Balaban J connectivity index is 1.59. The summed E-state index contributed by atoms with van der Waals surface area (Å²) in [5, 5.41) is 16.8. The predicted octanol–water partition coefficient (Wildman–Crippen LogP) is 3.59. The molecule has 34 heavy (non-hydrogen) atoms. The van der Waals surface area contributed by atoms with E-state index in [1.165, 1.54) is 22.7 Å². The number of likely N-dealkylation sites (N-methyl/N-ethyl adjacent to an activating group) is 1. The lowest BCUT2D eigenvalue weighted by Crippen LogP contribution is -2.40. The molecular formula is C22H26F3N7O2. The molecule has 1 aliphatic carbocycles. The van der Waals surface area contributed by atoms with Gasteiger partial charge in [0.15, 0.2) is 17.4 Å². The van der Waals surface area contributed by atoms with Gasteiger partial charge in [0.2, 0.25) is 5.65 Å². The molecule has 2 aliphatic rings. The summed E-state index contributed by atoms with van der Waals surface area (Å²) in [5.74, 6) is 1.08. The summed E-state index contributed by atoms with van der Waals surface area (Å²) in [6, 6.07) is 6.12. The number of nitrogens with zero attached hydrogens (tertiary/aromatic N) is 5. The summed E-state index contributed by atoms with van der Waals surface area (Å²) < 4.78 is 49.8. The molecule has 1 unspecified atom stereocenters. The Morgan fingerprint density at radius 1 is 1.18 bits per heavy atom. The highest BCUT2D eigenvalue weighted by molar-refractivity contribution is 5.82. The van der Waals surface area contributed by atoms with Gasteiger partial charge in [0.25, 0.3) is 0 Å². The fourth-order valence-corrected chi connectivity index (χ4v) is 4.44. The predicted molar refractivity (Wildman–Crippen MR) is 120 cm³/mol. The number of ether oxygens (including phenoxy) is 2. The lowest BCUT2D eigenvalue weighted by molar-refractivity contribution is -0.274. The number of alkyl halides is 3. The van der Waals surface area contributed by atoms with E-state index < -0.39 is 6.36 Å². The van der Waals surface area contributed by atoms with Crippen LogP contribution in [-0.2, 0) is 0 Å². The van der Waals surface area contributed by atoms with Crippen molar-refractivity contribution < 1.29 is 22.6 Å². The third-order valence-electron chi connectivity index (χ3n) is 6.40. The van der Waals surface area contributed by atoms with Crippen molar-refractivity contribution in [1.29, 1.82) is 0 Å². The fraction of sp³-hybridized carbons (Fsp3) is 0.500. The van der Waals surface area contributed by atoms with Crippen molar-refractivity contribution in [2.45, 2.75) is 57.1 Å². The van der Waals surface area contributed by atoms with Crippen LogP contribution < -0.4 is 25.4 Å². The van der Waals surface area contributed by atoms with Gasteiger partial charge in [-0.05, 0) is 44.7 Å². The maximum absolute atomic E-state index is 12.7. The summed E-state index contributed by atoms with van der Waals surface area (Å²) in [5.41, 5.74) is 7.62. The van der Waals surface area contributed by atoms with Crippen LogP contribution in [0, 0.1) is 0 Å². The molecule has 1 atom stereocenters. The Labute approximate surface area is 194 Å². The van der Waals surface area contributed by atoms with Crippen molar-refractivity contribution in [3.8, 4) is 22.9 Å². The Hall–Kier alpha value is -3.28. The van der Waals surface area contributed by atoms with E-state index >= 15 is 0 Å². The molecule has 0 radical (unpaired) electrons. The molecule has 3 N–H and O–H groups in total. The van der Waals surface area contributed by atoms with Crippen LogP contribution in [0.4, 0.5) is 24.7 Å². The van der Waals surface area contributed by atoms with Crippen LogP contribution in [0.5, 0.6) is 11.5 Å². The average molecular weight is 477 g/mol. The second-order valence-electron chi connectivity index (χ2n) is 8.89. The molecule has 0 saturated heterocycles. The lowest BCUT2D eigenvalue weighted by atomic mass is 9.92. The van der Waals surface area contributed by atoms with Crippen LogP contribution in [0.25, 0.3) is 17.0 Å². The Kier molecular flexibility index (Phi) is 5.62. The molecule has 1 aromatic carbocycles. The van der Waals surface area contributed by atoms with Gasteiger partial charge in [-0.2, -0.15) is 4.52 Å². The Morgan fingerprint density at radius 2 is 1.94 bits per heavy atom. The van der Waals surface area contributed by atoms with Gasteiger partial charge in [0.1, 0.15) is 18.0 Å². The topological polar surface area (TPSA) is 103 Å². The number of nitrogens with one attached hydrogen (secondary N) is 1. The highest BCUT2D eigenvalue weighted by Gasteiger charge is 2.33. The number of hydrogen-bond donors (Lipinski definition) is 2. The van der Waals surface area contributed by atoms with Crippen LogP contribution in [-0.4, -0.2) is 58.0 Å². The van der Waals surface area contributed by atoms with Gasteiger partial charge >= 0.3 is 6.36 Å². The average Bonchev–Trinajstić information content (AvgIpc) is 3.20. The van der Waals surface area contributed by atoms with Crippen molar-refractivity contribution in [1.82, 2.24) is 19.8 Å². The zero-order valence-electron chi connectivity index (χ0n) is 18.8. The summed E-state index contributed by atoms with van der Waals surface area (Å²) in [7, 11) is 1.97. The third kappa shape index (κ3) is 4.29. The highest BCUT2D eigenvalue weighted by atomic mass is 19.4. The molecule has 12 heteroatoms. The standard InChI is InChI=1S/C22H26F3N7O2/c1-12-11-33-18-17(31(12)2)19(27-15-8-6-14(26)7-9-15)30-32-20(28-29-21(18)32)13-4-3-5-16(10-13)34-22(23,24)25/h3-5,10,12,14-15H,6-9,11,26H2,1-2H3,(H,27,30). The number of rotatable bonds is 4. The largest absolute Gasteiger partial charge is 0.573 e. The van der Waals surface area contributed by atoms with Gasteiger partial charge in [-0.15, -0.1) is 28.5 Å². The molecular weight excluding hydrogens is 451 g/mol. The monoisotopic (exact) mass is 477 g/mol. The number of benzene rings is 1. The molecule has 1 saturated carbocycles. The lowest BCUT2D eigenvalue weighted by Gasteiger charge is -2.36. The summed E-state index contributed by atoms with van der Waals surface area (Å²) in [6.45, 7) is 2.51. The Bertz CT molecular complexity index is 1190. The quantitative estimate of drug-likeness (QED) is 0.588. The molecule has 0 bridgehead atoms. The number of aromatic nitrogens is 4. The van der Waals surface area contributed by atoms with E-state index in [9.17, 15) is 13.2 Å². The fourth-order valence-electron chi connectivity index (χ4n) is 4.44. The van der Waals surface area contributed by atoms with E-state index in [-0.39, 0.29) is 29.7 Å². The molecule has 5 rings (SSSR count). The van der Waals surface area contributed by atoms with E-state index in [4.69, 9.17) is 15.6 Å². The van der Waals surface area contributed by atoms with E-state index in [2.05, 4.69) is 32.1 Å². The number of fused-ring (bicyclic) bond motifs is 3. The van der Waals surface area contributed by atoms with Crippen LogP contribution in [0.2, 0.25) is 0 Å². The normalized spacial score (nSPS) is 22.9. The molecule has 2 aromatic heterocycles. The second kappa shape index (κ2) is 8.49. The molecule has 1 fully saturated rings. The summed E-state index contributed by atoms with van der Waals surface area (Å²) in [6.07, 6.45) is -1.11. The van der Waals surface area contributed by atoms with Gasteiger partial charge in [-0.25, -0.2) is 0 Å². The first-order valence-electron chi connectivity index (χ1n) is 11.2. The molecule has 9 nitrogen and oxygen atoms in total. The van der Waals surface area contributed by atoms with Gasteiger partial charge in [0.05, 0.1) is 6.04 Å². The molecule has 3 heterocycles. The Morgan fingerprint density at radius 3 is 2.68 bits per heavy atom. The first-order chi connectivity index (χ1) is 16.2. The van der Waals surface area contributed by atoms with Crippen molar-refractivity contribution >= 4 is 17.2 Å². The zero-order chi connectivity index (χ0) is 24.0. The summed E-state index contributed by atoms with van der Waals surface area (Å²) in [4.78, 5) is 2.09. The second-order valence-corrected chi connectivity index (χ2v) is 8.89. The first-order valence-corrected chi connectivity index (χ1v) is 11.2. The van der Waals surface area contributed by atoms with Crippen molar-refractivity contribution in [2.24, 2.45) is 5.73 Å². The molecule has 0 amide bonds. The molecule has 1 aliphatic heterocycles. The maximum atomic E-state index is 12.7. The maximum Gasteiger partial charge on any atom is 0.573 e. The minimum atomic E-state index is -4.79. The van der Waals surface area contributed by atoms with Crippen molar-refractivity contribution in [3.05, 3.63) is 24.3 Å². The molecule has 182 valence electrons. The van der Waals surface area contributed by atoms with Gasteiger partial charge < -0.3 is 25.4 Å². The SMILES string of the molecule is CC1COc2c(c(NC3CCC(N)CC3)nn3c(-c4cccc(OC(F)(F)F)c4)nnc23)N1C. The van der Waals surface area contributed by atoms with E-state index in [0.717, 1.165) is 31.4 Å². The third-order valence-corrected chi connectivity index (χ3v) is 6.40. The minimum absolute atomic E-state index is 0.121. The van der Waals surface area contributed by atoms with Gasteiger partial charge in [-0.3, -0.25) is 0 Å². The number of halogens is 3.